The summed E-state index contributed by atoms with van der Waals surface area (Å²) in [6, 6.07) is -0.623. The first-order valence-corrected chi connectivity index (χ1v) is 27.6. The van der Waals surface area contributed by atoms with Crippen LogP contribution >= 0.6 is 0 Å². The van der Waals surface area contributed by atoms with Gasteiger partial charge in [0.25, 0.3) is 0 Å². The molecule has 0 amide bonds. The second-order valence-electron chi connectivity index (χ2n) is 19.5. The number of nitrogens with zero attached hydrogens (tertiary/aromatic N) is 1. The first kappa shape index (κ1) is 64.5. The molecular formula is C60H104NO7+. The van der Waals surface area contributed by atoms with Crippen molar-refractivity contribution >= 4 is 17.9 Å². The molecule has 390 valence electrons. The van der Waals surface area contributed by atoms with Gasteiger partial charge in [0.15, 0.2) is 12.1 Å². The van der Waals surface area contributed by atoms with E-state index in [4.69, 9.17) is 14.2 Å². The van der Waals surface area contributed by atoms with Gasteiger partial charge in [0.05, 0.1) is 34.4 Å². The minimum Gasteiger partial charge on any atom is -0.477 e. The summed E-state index contributed by atoms with van der Waals surface area (Å²) in [7, 11) is 5.53. The fraction of sp³-hybridized carbons (Fsp3) is 0.717. The van der Waals surface area contributed by atoms with Gasteiger partial charge in [-0.1, -0.05) is 202 Å². The van der Waals surface area contributed by atoms with Crippen molar-refractivity contribution in [2.45, 2.75) is 238 Å². The lowest BCUT2D eigenvalue weighted by atomic mass is 10.0. The molecule has 0 aliphatic rings. The molecule has 0 bridgehead atoms. The molecule has 0 saturated heterocycles. The van der Waals surface area contributed by atoms with Gasteiger partial charge in [-0.15, -0.1) is 0 Å². The molecule has 0 saturated carbocycles. The fourth-order valence-electron chi connectivity index (χ4n) is 7.80. The van der Waals surface area contributed by atoms with Crippen LogP contribution < -0.4 is 0 Å². The summed E-state index contributed by atoms with van der Waals surface area (Å²) in [5, 5.41) is 9.67. The Bertz CT molecular complexity index is 1380. The number of carbonyl (C=O) groups is 3. The highest BCUT2D eigenvalue weighted by molar-refractivity contribution is 5.72. The molecule has 0 heterocycles. The molecule has 0 fully saturated rings. The quantitative estimate of drug-likeness (QED) is 0.0281. The molecule has 2 unspecified atom stereocenters. The van der Waals surface area contributed by atoms with Crippen LogP contribution in [-0.2, 0) is 28.6 Å². The number of hydrogen-bond donors (Lipinski definition) is 1. The van der Waals surface area contributed by atoms with Crippen molar-refractivity contribution in [1.29, 1.82) is 0 Å². The molecule has 0 spiro atoms. The first-order valence-electron chi connectivity index (χ1n) is 27.6. The number of aliphatic carboxylic acids is 1. The molecule has 68 heavy (non-hydrogen) atoms. The molecule has 0 aliphatic carbocycles. The van der Waals surface area contributed by atoms with Crippen LogP contribution in [0, 0.1) is 0 Å². The van der Waals surface area contributed by atoms with Gasteiger partial charge in [-0.25, -0.2) is 4.79 Å². The molecule has 0 aliphatic heterocycles. The van der Waals surface area contributed by atoms with E-state index in [0.717, 1.165) is 96.3 Å². The van der Waals surface area contributed by atoms with Crippen LogP contribution in [0.25, 0.3) is 0 Å². The standard InChI is InChI=1S/C60H103NO7/c1-6-8-10-12-14-16-18-20-22-24-26-28-29-31-33-35-37-39-41-43-45-47-49-51-59(63)68-56(54-66-53-52-57(60(64)65)61(3,4)5)55-67-58(62)50-48-46-44-42-40-38-36-34-32-30-27-25-23-21-19-17-15-13-11-9-7-2/h8,10,14-17,20-23,27,30,34,36,56-57H,6-7,9,11-13,18-19,24-26,28-29,31-33,35,37-55H2,1-5H3/p+1/b10-8+,16-14+,17-15+,22-20+,23-21+,30-27+,36-34+. The zero-order chi connectivity index (χ0) is 49.9. The average molecular weight is 951 g/mol. The largest absolute Gasteiger partial charge is 0.477 e. The molecule has 8 heteroatoms. The third-order valence-electron chi connectivity index (χ3n) is 12.0. The number of carbonyl (C=O) groups excluding carboxylic acids is 2. The summed E-state index contributed by atoms with van der Waals surface area (Å²) < 4.78 is 17.4. The number of allylic oxidation sites excluding steroid dienone is 14. The van der Waals surface area contributed by atoms with Crippen LogP contribution in [0.4, 0.5) is 0 Å². The van der Waals surface area contributed by atoms with Gasteiger partial charge in [0, 0.05) is 19.3 Å². The van der Waals surface area contributed by atoms with Crippen molar-refractivity contribution in [3.63, 3.8) is 0 Å². The maximum Gasteiger partial charge on any atom is 0.362 e. The van der Waals surface area contributed by atoms with E-state index in [0.29, 0.717) is 19.3 Å². The number of carboxylic acid groups (broad SMARTS) is 1. The minimum atomic E-state index is -0.879. The zero-order valence-corrected chi connectivity index (χ0v) is 44.5. The van der Waals surface area contributed by atoms with E-state index in [1.165, 1.54) is 96.3 Å². The lowest BCUT2D eigenvalue weighted by molar-refractivity contribution is -0.887. The van der Waals surface area contributed by atoms with Gasteiger partial charge in [-0.2, -0.15) is 0 Å². The predicted octanol–water partition coefficient (Wildman–Crippen LogP) is 16.4. The number of likely N-dealkylation sites (N-methyl/N-ethyl adjacent to an activating group) is 1. The van der Waals surface area contributed by atoms with Crippen LogP contribution in [0.2, 0.25) is 0 Å². The topological polar surface area (TPSA) is 99.1 Å². The Labute approximate surface area is 418 Å². The van der Waals surface area contributed by atoms with Gasteiger partial charge < -0.3 is 23.8 Å². The molecule has 0 aromatic carbocycles. The second kappa shape index (κ2) is 49.9. The molecule has 1 N–H and O–H groups in total. The number of ether oxygens (including phenoxy) is 3. The van der Waals surface area contributed by atoms with Crippen molar-refractivity contribution in [2.75, 3.05) is 41.0 Å². The number of unbranched alkanes of at least 4 members (excludes halogenated alkanes) is 21. The van der Waals surface area contributed by atoms with E-state index in [2.05, 4.69) is 98.9 Å². The molecule has 2 atom stereocenters. The second-order valence-corrected chi connectivity index (χ2v) is 19.5. The third-order valence-corrected chi connectivity index (χ3v) is 12.0. The van der Waals surface area contributed by atoms with Crippen molar-refractivity contribution in [1.82, 2.24) is 0 Å². The number of hydrogen-bond acceptors (Lipinski definition) is 6. The van der Waals surface area contributed by atoms with E-state index in [1.807, 2.05) is 21.1 Å². The summed E-state index contributed by atoms with van der Waals surface area (Å²) in [5.41, 5.74) is 0. The predicted molar refractivity (Wildman–Crippen MR) is 289 cm³/mol. The minimum absolute atomic E-state index is 0.0513. The van der Waals surface area contributed by atoms with E-state index in [1.54, 1.807) is 0 Å². The Balaban J connectivity index is 4.24. The molecule has 0 radical (unpaired) electrons. The monoisotopic (exact) mass is 951 g/mol. The number of rotatable bonds is 49. The third kappa shape index (κ3) is 47.6. The lowest BCUT2D eigenvalue weighted by Crippen LogP contribution is -2.50. The van der Waals surface area contributed by atoms with E-state index >= 15 is 0 Å². The van der Waals surface area contributed by atoms with Crippen molar-refractivity contribution in [3.8, 4) is 0 Å². The van der Waals surface area contributed by atoms with Crippen LogP contribution in [0.15, 0.2) is 85.1 Å². The Morgan fingerprint density at radius 1 is 0.456 bits per heavy atom. The summed E-state index contributed by atoms with van der Waals surface area (Å²) in [5.74, 6) is -1.49. The van der Waals surface area contributed by atoms with Crippen LogP contribution in [0.5, 0.6) is 0 Å². The number of esters is 2. The van der Waals surface area contributed by atoms with Crippen LogP contribution in [-0.4, -0.2) is 80.6 Å². The summed E-state index contributed by atoms with van der Waals surface area (Å²) in [6.07, 6.45) is 66.3. The molecule has 0 rings (SSSR count). The highest BCUT2D eigenvalue weighted by atomic mass is 16.6. The molecule has 8 nitrogen and oxygen atoms in total. The maximum absolute atomic E-state index is 12.8. The molecule has 0 aromatic heterocycles. The van der Waals surface area contributed by atoms with Gasteiger partial charge in [-0.05, 0) is 89.9 Å². The van der Waals surface area contributed by atoms with Crippen molar-refractivity contribution in [2.24, 2.45) is 0 Å². The maximum atomic E-state index is 12.8. The zero-order valence-electron chi connectivity index (χ0n) is 44.5. The Morgan fingerprint density at radius 2 is 0.824 bits per heavy atom. The summed E-state index contributed by atoms with van der Waals surface area (Å²) in [6.45, 7) is 4.59. The smallest absolute Gasteiger partial charge is 0.362 e. The normalized spacial score (nSPS) is 13.5. The number of carboxylic acids is 1. The van der Waals surface area contributed by atoms with E-state index in [-0.39, 0.29) is 36.2 Å². The Kier molecular flexibility index (Phi) is 47.4. The lowest BCUT2D eigenvalue weighted by Gasteiger charge is -2.31. The first-order chi connectivity index (χ1) is 33.1. The van der Waals surface area contributed by atoms with Crippen molar-refractivity contribution in [3.05, 3.63) is 85.1 Å². The summed E-state index contributed by atoms with van der Waals surface area (Å²) in [4.78, 5) is 37.3. The van der Waals surface area contributed by atoms with Crippen molar-refractivity contribution < 1.29 is 38.2 Å². The average Bonchev–Trinajstić information content (AvgIpc) is 3.30. The highest BCUT2D eigenvalue weighted by Crippen LogP contribution is 2.15. The van der Waals surface area contributed by atoms with Crippen LogP contribution in [0.1, 0.15) is 226 Å². The Hall–Kier alpha value is -3.49. The van der Waals surface area contributed by atoms with Gasteiger partial charge in [0.2, 0.25) is 0 Å². The van der Waals surface area contributed by atoms with Crippen LogP contribution in [0.3, 0.4) is 0 Å². The van der Waals surface area contributed by atoms with E-state index in [9.17, 15) is 19.5 Å². The van der Waals surface area contributed by atoms with Gasteiger partial charge >= 0.3 is 17.9 Å². The molecule has 0 aromatic rings. The molecular weight excluding hydrogens is 847 g/mol. The Morgan fingerprint density at radius 3 is 1.22 bits per heavy atom. The summed E-state index contributed by atoms with van der Waals surface area (Å²) >= 11 is 0. The highest BCUT2D eigenvalue weighted by Gasteiger charge is 2.31. The SMILES string of the molecule is CC/C=C/C/C=C/C/C=C/CCCCCCCCCCCCCCCC(=O)OC(COCCC(C(=O)O)[N+](C)(C)C)COC(=O)CCCCCCC/C=C/C/C=C/C/C=C/C/C=C/CCCCC. The number of quaternary nitrogens is 1. The van der Waals surface area contributed by atoms with Gasteiger partial charge in [0.1, 0.15) is 6.61 Å². The van der Waals surface area contributed by atoms with Gasteiger partial charge in [-0.3, -0.25) is 9.59 Å². The fourth-order valence-corrected chi connectivity index (χ4v) is 7.80. The van der Waals surface area contributed by atoms with E-state index < -0.39 is 18.1 Å².